The average Bonchev–Trinajstić information content (AvgIpc) is 2.71. The lowest BCUT2D eigenvalue weighted by atomic mass is 10.1. The Bertz CT molecular complexity index is 983. The van der Waals surface area contributed by atoms with E-state index in [1.165, 1.54) is 36.4 Å². The molecule has 0 spiro atoms. The molecular weight excluding hydrogens is 417 g/mol. The molecule has 0 unspecified atom stereocenters. The van der Waals surface area contributed by atoms with E-state index in [2.05, 4.69) is 5.32 Å². The van der Waals surface area contributed by atoms with Crippen LogP contribution in [0.3, 0.4) is 0 Å². The second kappa shape index (κ2) is 10.0. The van der Waals surface area contributed by atoms with Crippen LogP contribution in [0, 0.1) is 11.2 Å². The Morgan fingerprint density at radius 2 is 1.70 bits per heavy atom. The van der Waals surface area contributed by atoms with Gasteiger partial charge in [-0.1, -0.05) is 0 Å². The number of carbonyl (C=O) groups is 1. The van der Waals surface area contributed by atoms with Crippen LogP contribution in [0.15, 0.2) is 53.4 Å². The number of halogens is 1. The number of hydroxylamine groups is 1. The van der Waals surface area contributed by atoms with Gasteiger partial charge in [0.15, 0.2) is 5.96 Å². The summed E-state index contributed by atoms with van der Waals surface area (Å²) in [6.45, 7) is 0.268. The molecule has 12 heteroatoms. The van der Waals surface area contributed by atoms with Gasteiger partial charge in [-0.2, -0.15) is 8.42 Å². The van der Waals surface area contributed by atoms with E-state index in [9.17, 15) is 22.8 Å². The van der Waals surface area contributed by atoms with Crippen molar-refractivity contribution < 1.29 is 27.5 Å². The first-order valence-electron chi connectivity index (χ1n) is 8.76. The fourth-order valence-corrected chi connectivity index (χ4v) is 3.40. The molecule has 2 aromatic rings. The second-order valence-electron chi connectivity index (χ2n) is 6.20. The lowest BCUT2D eigenvalue weighted by Crippen LogP contribution is -2.45. The van der Waals surface area contributed by atoms with Gasteiger partial charge in [-0.3, -0.25) is 15.4 Å². The molecule has 0 aromatic heterocycles. The van der Waals surface area contributed by atoms with Gasteiger partial charge in [-0.15, -0.1) is 4.47 Å². The van der Waals surface area contributed by atoms with E-state index in [-0.39, 0.29) is 34.0 Å². The molecular formula is C18H22FN5O5S. The molecule has 10 nitrogen and oxygen atoms in total. The number of ether oxygens (including phenoxy) is 1. The number of sulfonamides is 1. The zero-order valence-electron chi connectivity index (χ0n) is 15.8. The number of amides is 1. The zero-order chi connectivity index (χ0) is 22.3. The first kappa shape index (κ1) is 23.1. The molecule has 0 bridgehead atoms. The molecule has 1 atom stereocenters. The van der Waals surface area contributed by atoms with Crippen LogP contribution >= 0.6 is 0 Å². The number of nitrogens with two attached hydrogens (primary N) is 2. The molecule has 2 rings (SSSR count). The summed E-state index contributed by atoms with van der Waals surface area (Å²) >= 11 is 0. The summed E-state index contributed by atoms with van der Waals surface area (Å²) in [5.74, 6) is -1.25. The molecule has 0 aliphatic carbocycles. The van der Waals surface area contributed by atoms with Gasteiger partial charge in [-0.25, -0.2) is 4.39 Å². The summed E-state index contributed by atoms with van der Waals surface area (Å²) in [5, 5.41) is 19.5. The molecule has 0 fully saturated rings. The monoisotopic (exact) mass is 439 g/mol. The van der Waals surface area contributed by atoms with Gasteiger partial charge in [0, 0.05) is 6.54 Å². The smallest absolute Gasteiger partial charge is 0.289 e. The van der Waals surface area contributed by atoms with Gasteiger partial charge in [-0.05, 0) is 61.4 Å². The molecule has 162 valence electrons. The number of rotatable bonds is 9. The lowest BCUT2D eigenvalue weighted by Gasteiger charge is -2.19. The van der Waals surface area contributed by atoms with E-state index < -0.39 is 27.8 Å². The van der Waals surface area contributed by atoms with Crippen LogP contribution < -0.4 is 21.5 Å². The Morgan fingerprint density at radius 1 is 1.17 bits per heavy atom. The highest BCUT2D eigenvalue weighted by Gasteiger charge is 2.31. The standard InChI is InChI=1S/C18H22FN5O5S/c19-12-3-5-13(6-4-12)29-14-7-9-15(10-8-14)30(27,28)24(26)17(25)16(20)2-1-11-23-18(21)22/h3-10,16,26H,1-2,11,20H2,(H4,21,22,23)/t16-/m1/s1. The Hall–Kier alpha value is -3.22. The third kappa shape index (κ3) is 6.14. The topological polar surface area (TPSA) is 172 Å². The summed E-state index contributed by atoms with van der Waals surface area (Å²) < 4.78 is 42.9. The van der Waals surface area contributed by atoms with Crippen molar-refractivity contribution in [1.29, 1.82) is 5.41 Å². The molecule has 0 radical (unpaired) electrons. The number of guanidine groups is 1. The van der Waals surface area contributed by atoms with Crippen molar-refractivity contribution in [1.82, 2.24) is 9.79 Å². The maximum Gasteiger partial charge on any atom is 0.289 e. The van der Waals surface area contributed by atoms with Crippen molar-refractivity contribution in [2.24, 2.45) is 11.5 Å². The predicted octanol–water partition coefficient (Wildman–Crippen LogP) is 1.12. The van der Waals surface area contributed by atoms with Crippen molar-refractivity contribution in [3.63, 3.8) is 0 Å². The Labute approximate surface area is 172 Å². The quantitative estimate of drug-likeness (QED) is 0.127. The van der Waals surface area contributed by atoms with Crippen LogP contribution in [0.2, 0.25) is 0 Å². The minimum Gasteiger partial charge on any atom is -0.457 e. The number of carbonyl (C=O) groups excluding carboxylic acids is 1. The lowest BCUT2D eigenvalue weighted by molar-refractivity contribution is -0.147. The number of hydrogen-bond donors (Lipinski definition) is 5. The number of hydrogen-bond acceptors (Lipinski definition) is 7. The normalized spacial score (nSPS) is 12.1. The average molecular weight is 439 g/mol. The first-order chi connectivity index (χ1) is 14.1. The van der Waals surface area contributed by atoms with E-state index in [4.69, 9.17) is 21.6 Å². The molecule has 0 heterocycles. The SMILES string of the molecule is N=C(N)NCCC[C@@H](N)C(=O)N(O)S(=O)(=O)c1ccc(Oc2ccc(F)cc2)cc1. The maximum atomic E-state index is 12.9. The zero-order valence-corrected chi connectivity index (χ0v) is 16.6. The Balaban J connectivity index is 2.01. The van der Waals surface area contributed by atoms with E-state index in [1.54, 1.807) is 0 Å². The van der Waals surface area contributed by atoms with Crippen LogP contribution in [0.5, 0.6) is 11.5 Å². The summed E-state index contributed by atoms with van der Waals surface area (Å²) in [7, 11) is -4.54. The number of nitrogens with one attached hydrogen (secondary N) is 2. The van der Waals surface area contributed by atoms with Crippen LogP contribution in [-0.4, -0.2) is 42.5 Å². The molecule has 2 aromatic carbocycles. The van der Waals surface area contributed by atoms with Gasteiger partial charge in [0.25, 0.3) is 15.9 Å². The van der Waals surface area contributed by atoms with Gasteiger partial charge in [0.2, 0.25) is 0 Å². The fraction of sp³-hybridized carbons (Fsp3) is 0.222. The summed E-state index contributed by atoms with van der Waals surface area (Å²) in [6, 6.07) is 8.90. The fourth-order valence-electron chi connectivity index (χ4n) is 2.35. The summed E-state index contributed by atoms with van der Waals surface area (Å²) in [4.78, 5) is 11.8. The van der Waals surface area contributed by atoms with Crippen molar-refractivity contribution in [3.05, 3.63) is 54.3 Å². The first-order valence-corrected chi connectivity index (χ1v) is 10.2. The minimum atomic E-state index is -4.54. The molecule has 30 heavy (non-hydrogen) atoms. The van der Waals surface area contributed by atoms with Gasteiger partial charge in [0.05, 0.1) is 10.9 Å². The molecule has 7 N–H and O–H groups in total. The molecule has 0 saturated heterocycles. The predicted molar refractivity (Wildman–Crippen MR) is 106 cm³/mol. The third-order valence-corrected chi connectivity index (χ3v) is 5.41. The maximum absolute atomic E-state index is 12.9. The van der Waals surface area contributed by atoms with Crippen molar-refractivity contribution >= 4 is 21.9 Å². The number of benzene rings is 2. The van der Waals surface area contributed by atoms with Gasteiger partial charge < -0.3 is 21.5 Å². The largest absolute Gasteiger partial charge is 0.457 e. The van der Waals surface area contributed by atoms with Crippen LogP contribution in [0.1, 0.15) is 12.8 Å². The van der Waals surface area contributed by atoms with Gasteiger partial charge >= 0.3 is 0 Å². The minimum absolute atomic E-state index is 0.0656. The highest BCUT2D eigenvalue weighted by atomic mass is 32.2. The van der Waals surface area contributed by atoms with Crippen LogP contribution in [0.4, 0.5) is 4.39 Å². The molecule has 0 aliphatic rings. The van der Waals surface area contributed by atoms with Crippen molar-refractivity contribution in [2.75, 3.05) is 6.54 Å². The van der Waals surface area contributed by atoms with E-state index in [1.807, 2.05) is 0 Å². The van der Waals surface area contributed by atoms with Crippen molar-refractivity contribution in [3.8, 4) is 11.5 Å². The summed E-state index contributed by atoms with van der Waals surface area (Å²) in [5.41, 5.74) is 10.8. The van der Waals surface area contributed by atoms with Crippen LogP contribution in [0.25, 0.3) is 0 Å². The third-order valence-electron chi connectivity index (χ3n) is 3.91. The number of nitrogens with zero attached hydrogens (tertiary/aromatic N) is 1. The molecule has 0 saturated carbocycles. The van der Waals surface area contributed by atoms with Gasteiger partial charge in [0.1, 0.15) is 17.3 Å². The van der Waals surface area contributed by atoms with E-state index in [0.29, 0.717) is 12.2 Å². The summed E-state index contributed by atoms with van der Waals surface area (Å²) in [6.07, 6.45) is 0.395. The molecule has 1 amide bonds. The second-order valence-corrected chi connectivity index (χ2v) is 7.97. The van der Waals surface area contributed by atoms with E-state index >= 15 is 0 Å². The Morgan fingerprint density at radius 3 is 2.23 bits per heavy atom. The van der Waals surface area contributed by atoms with E-state index in [0.717, 1.165) is 12.1 Å². The van der Waals surface area contributed by atoms with Crippen molar-refractivity contribution in [2.45, 2.75) is 23.8 Å². The highest BCUT2D eigenvalue weighted by Crippen LogP contribution is 2.24. The van der Waals surface area contributed by atoms with Crippen LogP contribution in [-0.2, 0) is 14.8 Å². The Kier molecular flexibility index (Phi) is 7.69. The highest BCUT2D eigenvalue weighted by molar-refractivity contribution is 7.89. The molecule has 0 aliphatic heterocycles.